The number of hydrogen-bond donors (Lipinski definition) is 0. The Morgan fingerprint density at radius 1 is 1.45 bits per heavy atom. The van der Waals surface area contributed by atoms with Crippen molar-refractivity contribution in [3.8, 4) is 0 Å². The van der Waals surface area contributed by atoms with Crippen LogP contribution in [0, 0.1) is 12.2 Å². The first-order chi connectivity index (χ1) is 5.24. The SMILES string of the molecule is Fc1cc(Cl)ccc1[CH]CCl. The van der Waals surface area contributed by atoms with E-state index in [2.05, 4.69) is 0 Å². The van der Waals surface area contributed by atoms with E-state index in [0.717, 1.165) is 0 Å². The minimum absolute atomic E-state index is 0.304. The average Bonchev–Trinajstić information content (AvgIpc) is 1.95. The first kappa shape index (κ1) is 8.82. The van der Waals surface area contributed by atoms with Gasteiger partial charge in [0.1, 0.15) is 5.82 Å². The largest absolute Gasteiger partial charge is 0.207 e. The maximum absolute atomic E-state index is 12.9. The summed E-state index contributed by atoms with van der Waals surface area (Å²) in [6.45, 7) is 0. The summed E-state index contributed by atoms with van der Waals surface area (Å²) in [5.74, 6) is -0.0309. The molecule has 0 N–H and O–H groups in total. The van der Waals surface area contributed by atoms with Crippen LogP contribution in [0.2, 0.25) is 5.02 Å². The Labute approximate surface area is 74.9 Å². The lowest BCUT2D eigenvalue weighted by Crippen LogP contribution is -1.87. The highest BCUT2D eigenvalue weighted by molar-refractivity contribution is 6.30. The second kappa shape index (κ2) is 3.93. The molecule has 1 radical (unpaired) electrons. The van der Waals surface area contributed by atoms with Crippen LogP contribution in [0.15, 0.2) is 18.2 Å². The Bertz CT molecular complexity index is 248. The smallest absolute Gasteiger partial charge is 0.128 e. The minimum Gasteiger partial charge on any atom is -0.207 e. The van der Waals surface area contributed by atoms with Gasteiger partial charge in [0.15, 0.2) is 0 Å². The maximum Gasteiger partial charge on any atom is 0.128 e. The van der Waals surface area contributed by atoms with E-state index >= 15 is 0 Å². The van der Waals surface area contributed by atoms with E-state index in [1.807, 2.05) is 0 Å². The van der Waals surface area contributed by atoms with Crippen molar-refractivity contribution in [1.82, 2.24) is 0 Å². The monoisotopic (exact) mass is 191 g/mol. The van der Waals surface area contributed by atoms with Gasteiger partial charge in [-0.05, 0) is 17.7 Å². The third-order valence-corrected chi connectivity index (χ3v) is 1.65. The molecule has 0 unspecified atom stereocenters. The molecule has 0 saturated heterocycles. The molecule has 1 aromatic carbocycles. The van der Waals surface area contributed by atoms with E-state index < -0.39 is 0 Å². The van der Waals surface area contributed by atoms with Crippen molar-refractivity contribution in [3.63, 3.8) is 0 Å². The number of rotatable bonds is 2. The van der Waals surface area contributed by atoms with Crippen molar-refractivity contribution in [2.45, 2.75) is 0 Å². The van der Waals surface area contributed by atoms with Crippen LogP contribution in [0.4, 0.5) is 4.39 Å². The van der Waals surface area contributed by atoms with Gasteiger partial charge >= 0.3 is 0 Å². The molecule has 0 amide bonds. The van der Waals surface area contributed by atoms with Gasteiger partial charge in [-0.2, -0.15) is 0 Å². The van der Waals surface area contributed by atoms with Crippen LogP contribution in [0.25, 0.3) is 0 Å². The molecule has 0 atom stereocenters. The normalized spacial score (nSPS) is 10.1. The number of alkyl halides is 1. The fourth-order valence-electron chi connectivity index (χ4n) is 0.750. The molecule has 59 valence electrons. The van der Waals surface area contributed by atoms with E-state index in [4.69, 9.17) is 23.2 Å². The van der Waals surface area contributed by atoms with Gasteiger partial charge in [0, 0.05) is 17.3 Å². The Morgan fingerprint density at radius 2 is 2.18 bits per heavy atom. The lowest BCUT2D eigenvalue weighted by molar-refractivity contribution is 0.620. The molecule has 1 rings (SSSR count). The first-order valence-corrected chi connectivity index (χ1v) is 3.99. The van der Waals surface area contributed by atoms with Gasteiger partial charge in [-0.15, -0.1) is 11.6 Å². The van der Waals surface area contributed by atoms with Crippen molar-refractivity contribution in [2.75, 3.05) is 5.88 Å². The molecule has 0 aliphatic rings. The Balaban J connectivity index is 2.90. The summed E-state index contributed by atoms with van der Waals surface area (Å²) in [5.41, 5.74) is 0.490. The van der Waals surface area contributed by atoms with Crippen molar-refractivity contribution in [2.24, 2.45) is 0 Å². The first-order valence-electron chi connectivity index (χ1n) is 3.08. The Kier molecular flexibility index (Phi) is 3.16. The molecule has 0 fully saturated rings. The zero-order chi connectivity index (χ0) is 8.27. The lowest BCUT2D eigenvalue weighted by atomic mass is 10.2. The fraction of sp³-hybridized carbons (Fsp3) is 0.125. The van der Waals surface area contributed by atoms with Crippen molar-refractivity contribution in [1.29, 1.82) is 0 Å². The van der Waals surface area contributed by atoms with E-state index in [-0.39, 0.29) is 5.82 Å². The van der Waals surface area contributed by atoms with Crippen LogP contribution in [-0.4, -0.2) is 5.88 Å². The predicted octanol–water partition coefficient (Wildman–Crippen LogP) is 3.27. The molecule has 0 aromatic heterocycles. The fourth-order valence-corrected chi connectivity index (χ4v) is 1.08. The van der Waals surface area contributed by atoms with Gasteiger partial charge in [-0.3, -0.25) is 0 Å². The molecule has 0 nitrogen and oxygen atoms in total. The Morgan fingerprint density at radius 3 is 2.73 bits per heavy atom. The Hall–Kier alpha value is -0.270. The summed E-state index contributed by atoms with van der Waals surface area (Å²) in [5, 5.41) is 0.397. The van der Waals surface area contributed by atoms with Crippen molar-refractivity contribution in [3.05, 3.63) is 41.0 Å². The third kappa shape index (κ3) is 2.35. The summed E-state index contributed by atoms with van der Waals surface area (Å²) in [6.07, 6.45) is 1.59. The molecular weight excluding hydrogens is 186 g/mol. The van der Waals surface area contributed by atoms with E-state index in [1.165, 1.54) is 6.07 Å². The highest BCUT2D eigenvalue weighted by Gasteiger charge is 2.01. The predicted molar refractivity (Wildman–Crippen MR) is 45.5 cm³/mol. The van der Waals surface area contributed by atoms with Gasteiger partial charge in [0.2, 0.25) is 0 Å². The molecule has 1 aromatic rings. The summed E-state index contributed by atoms with van der Waals surface area (Å²) < 4.78 is 12.9. The standard InChI is InChI=1S/C8H6Cl2F/c9-4-3-6-1-2-7(10)5-8(6)11/h1-3,5H,4H2. The summed E-state index contributed by atoms with van der Waals surface area (Å²) in [7, 11) is 0. The molecule has 0 saturated carbocycles. The van der Waals surface area contributed by atoms with Crippen LogP contribution in [0.5, 0.6) is 0 Å². The molecule has 0 spiro atoms. The van der Waals surface area contributed by atoms with Crippen LogP contribution >= 0.6 is 23.2 Å². The number of hydrogen-bond acceptors (Lipinski definition) is 0. The van der Waals surface area contributed by atoms with E-state index in [0.29, 0.717) is 16.5 Å². The van der Waals surface area contributed by atoms with Gasteiger partial charge in [-0.1, -0.05) is 17.7 Å². The summed E-state index contributed by atoms with van der Waals surface area (Å²) in [6, 6.07) is 4.49. The second-order valence-corrected chi connectivity index (χ2v) is 2.77. The minimum atomic E-state index is -0.335. The van der Waals surface area contributed by atoms with Gasteiger partial charge < -0.3 is 0 Å². The van der Waals surface area contributed by atoms with Crippen LogP contribution < -0.4 is 0 Å². The van der Waals surface area contributed by atoms with Gasteiger partial charge in [-0.25, -0.2) is 4.39 Å². The van der Waals surface area contributed by atoms with Crippen LogP contribution in [0.1, 0.15) is 5.56 Å². The number of benzene rings is 1. The van der Waals surface area contributed by atoms with Gasteiger partial charge in [0.25, 0.3) is 0 Å². The zero-order valence-corrected chi connectivity index (χ0v) is 7.16. The van der Waals surface area contributed by atoms with Crippen molar-refractivity contribution < 1.29 is 4.39 Å². The average molecular weight is 192 g/mol. The topological polar surface area (TPSA) is 0 Å². The molecule has 0 aliphatic heterocycles. The lowest BCUT2D eigenvalue weighted by Gasteiger charge is -1.98. The molecule has 0 aliphatic carbocycles. The highest BCUT2D eigenvalue weighted by Crippen LogP contribution is 2.15. The summed E-state index contributed by atoms with van der Waals surface area (Å²) in [4.78, 5) is 0. The van der Waals surface area contributed by atoms with Crippen LogP contribution in [0.3, 0.4) is 0 Å². The van der Waals surface area contributed by atoms with E-state index in [1.54, 1.807) is 18.6 Å². The number of halogens is 3. The summed E-state index contributed by atoms with van der Waals surface area (Å²) >= 11 is 10.9. The quantitative estimate of drug-likeness (QED) is 0.630. The third-order valence-electron chi connectivity index (χ3n) is 1.26. The van der Waals surface area contributed by atoms with Crippen molar-refractivity contribution >= 4 is 23.2 Å². The van der Waals surface area contributed by atoms with Crippen LogP contribution in [-0.2, 0) is 0 Å². The molecule has 3 heteroatoms. The molecule has 11 heavy (non-hydrogen) atoms. The second-order valence-electron chi connectivity index (χ2n) is 2.02. The molecule has 0 heterocycles. The molecule has 0 bridgehead atoms. The molecular formula is C8H6Cl2F. The maximum atomic E-state index is 12.9. The highest BCUT2D eigenvalue weighted by atomic mass is 35.5. The van der Waals surface area contributed by atoms with Gasteiger partial charge in [0.05, 0.1) is 0 Å². The van der Waals surface area contributed by atoms with E-state index in [9.17, 15) is 4.39 Å². The zero-order valence-electron chi connectivity index (χ0n) is 5.65.